The van der Waals surface area contributed by atoms with Crippen molar-refractivity contribution in [1.29, 1.82) is 0 Å². The summed E-state index contributed by atoms with van der Waals surface area (Å²) >= 11 is 0. The first-order valence-corrected chi connectivity index (χ1v) is 13.0. The molecule has 0 bridgehead atoms. The maximum Gasteiger partial charge on any atom is 0.303 e. The van der Waals surface area contributed by atoms with Gasteiger partial charge < -0.3 is 34.6 Å². The lowest BCUT2D eigenvalue weighted by atomic mass is 9.41. The van der Waals surface area contributed by atoms with Gasteiger partial charge in [-0.3, -0.25) is 14.4 Å². The molecule has 0 heterocycles. The fraction of sp³-hybridized carbons (Fsp3) is 0.815. The van der Waals surface area contributed by atoms with Crippen molar-refractivity contribution in [2.75, 3.05) is 0 Å². The van der Waals surface area contributed by atoms with E-state index in [0.29, 0.717) is 19.3 Å². The van der Waals surface area contributed by atoms with Gasteiger partial charge in [0.15, 0.2) is 0 Å². The van der Waals surface area contributed by atoms with Gasteiger partial charge in [-0.05, 0) is 44.4 Å². The lowest BCUT2D eigenvalue weighted by Crippen LogP contribution is -2.82. The average molecular weight is 525 g/mol. The molecule has 4 aliphatic rings. The van der Waals surface area contributed by atoms with Crippen molar-refractivity contribution in [1.82, 2.24) is 0 Å². The van der Waals surface area contributed by atoms with Gasteiger partial charge >= 0.3 is 17.9 Å². The molecular formula is C27H40O10. The smallest absolute Gasteiger partial charge is 0.303 e. The molecule has 10 atom stereocenters. The highest BCUT2D eigenvalue weighted by Gasteiger charge is 2.83. The van der Waals surface area contributed by atoms with Crippen LogP contribution in [0.5, 0.6) is 0 Å². The Bertz CT molecular complexity index is 1020. The average Bonchev–Trinajstić information content (AvgIpc) is 3.00. The zero-order chi connectivity index (χ0) is 27.8. The fourth-order valence-electron chi connectivity index (χ4n) is 8.48. The van der Waals surface area contributed by atoms with Gasteiger partial charge in [0.05, 0.1) is 11.5 Å². The van der Waals surface area contributed by atoms with Crippen LogP contribution in [-0.2, 0) is 28.6 Å². The normalized spacial score (nSPS) is 47.5. The number of esters is 3. The van der Waals surface area contributed by atoms with Gasteiger partial charge in [0.25, 0.3) is 0 Å². The highest BCUT2D eigenvalue weighted by atomic mass is 16.6. The Balaban J connectivity index is 1.87. The van der Waals surface area contributed by atoms with E-state index in [-0.39, 0.29) is 31.3 Å². The predicted octanol–water partition coefficient (Wildman–Crippen LogP) is 1.31. The Morgan fingerprint density at radius 1 is 0.973 bits per heavy atom. The molecule has 4 rings (SSSR count). The molecule has 3 saturated carbocycles. The van der Waals surface area contributed by atoms with Gasteiger partial charge in [-0.25, -0.2) is 0 Å². The first-order chi connectivity index (χ1) is 17.0. The Hall–Kier alpha value is -2.01. The van der Waals surface area contributed by atoms with Crippen LogP contribution in [0.1, 0.15) is 80.1 Å². The molecule has 208 valence electrons. The zero-order valence-corrected chi connectivity index (χ0v) is 22.4. The maximum absolute atomic E-state index is 12.5. The summed E-state index contributed by atoms with van der Waals surface area (Å²) < 4.78 is 16.5. The van der Waals surface area contributed by atoms with Crippen LogP contribution in [0.4, 0.5) is 0 Å². The van der Waals surface area contributed by atoms with Crippen molar-refractivity contribution in [2.45, 2.75) is 121 Å². The van der Waals surface area contributed by atoms with E-state index in [1.165, 1.54) is 34.6 Å². The molecule has 0 aromatic heterocycles. The van der Waals surface area contributed by atoms with E-state index in [2.05, 4.69) is 0 Å². The van der Waals surface area contributed by atoms with Gasteiger partial charge in [0.2, 0.25) is 0 Å². The highest BCUT2D eigenvalue weighted by Crippen LogP contribution is 2.71. The first kappa shape index (κ1) is 28.0. The Labute approximate surface area is 217 Å². The van der Waals surface area contributed by atoms with Crippen LogP contribution in [0.25, 0.3) is 0 Å². The van der Waals surface area contributed by atoms with Gasteiger partial charge in [-0.1, -0.05) is 25.5 Å². The Morgan fingerprint density at radius 2 is 1.59 bits per heavy atom. The standard InChI is InChI=1S/C27H40O10/c1-14(35-15(2)28)25(32)11-12-27(34)24(25,6)22(37-17(4)30)20(31)21-23(5)9-8-19(36-16(3)29)13-18(23)7-10-26(21,27)33/h7,14,19-22,31-34H,8-13H2,1-6H3/t14-,19-,20-,21+,22+,23-,24+,25+,26-,27+/m0/s1. The summed E-state index contributed by atoms with van der Waals surface area (Å²) in [6.45, 7) is 8.61. The number of aliphatic hydroxyl groups is 4. The van der Waals surface area contributed by atoms with Crippen LogP contribution in [-0.4, -0.2) is 79.6 Å². The van der Waals surface area contributed by atoms with Gasteiger partial charge in [0.1, 0.15) is 35.1 Å². The van der Waals surface area contributed by atoms with Crippen molar-refractivity contribution in [2.24, 2.45) is 16.7 Å². The van der Waals surface area contributed by atoms with Crippen molar-refractivity contribution in [3.63, 3.8) is 0 Å². The lowest BCUT2D eigenvalue weighted by Gasteiger charge is -2.68. The van der Waals surface area contributed by atoms with Gasteiger partial charge in [-0.2, -0.15) is 0 Å². The molecule has 0 aromatic rings. The van der Waals surface area contributed by atoms with Crippen molar-refractivity contribution in [3.05, 3.63) is 11.6 Å². The molecule has 10 heteroatoms. The Kier molecular flexibility index (Phi) is 6.63. The molecule has 0 aromatic carbocycles. The van der Waals surface area contributed by atoms with Crippen molar-refractivity contribution in [3.8, 4) is 0 Å². The van der Waals surface area contributed by atoms with E-state index in [0.717, 1.165) is 5.57 Å². The summed E-state index contributed by atoms with van der Waals surface area (Å²) in [5, 5.41) is 48.9. The first-order valence-electron chi connectivity index (χ1n) is 13.0. The molecule has 0 saturated heterocycles. The number of hydrogen-bond donors (Lipinski definition) is 4. The number of fused-ring (bicyclic) bond motifs is 5. The highest BCUT2D eigenvalue weighted by molar-refractivity contribution is 5.67. The number of carbonyl (C=O) groups is 3. The quantitative estimate of drug-likeness (QED) is 0.240. The second kappa shape index (κ2) is 8.76. The van der Waals surface area contributed by atoms with E-state index in [4.69, 9.17) is 14.2 Å². The van der Waals surface area contributed by atoms with Crippen molar-refractivity contribution < 1.29 is 49.0 Å². The Morgan fingerprint density at radius 3 is 2.16 bits per heavy atom. The summed E-state index contributed by atoms with van der Waals surface area (Å²) in [5.41, 5.74) is -7.53. The molecular weight excluding hydrogens is 484 g/mol. The van der Waals surface area contributed by atoms with Gasteiger partial charge in [0, 0.05) is 33.1 Å². The topological polar surface area (TPSA) is 160 Å². The summed E-state index contributed by atoms with van der Waals surface area (Å²) in [4.78, 5) is 35.6. The second-order valence-corrected chi connectivity index (χ2v) is 12.0. The minimum Gasteiger partial charge on any atom is -0.462 e. The zero-order valence-electron chi connectivity index (χ0n) is 22.4. The minimum atomic E-state index is -2.01. The van der Waals surface area contributed by atoms with Crippen molar-refractivity contribution >= 4 is 17.9 Å². The third-order valence-electron chi connectivity index (χ3n) is 10.2. The number of rotatable bonds is 4. The number of carbonyl (C=O) groups excluding carboxylic acids is 3. The lowest BCUT2D eigenvalue weighted by molar-refractivity contribution is -0.351. The third-order valence-corrected chi connectivity index (χ3v) is 10.2. The summed E-state index contributed by atoms with van der Waals surface area (Å²) in [5.74, 6) is -2.69. The minimum absolute atomic E-state index is 0.0245. The molecule has 0 amide bonds. The summed E-state index contributed by atoms with van der Waals surface area (Å²) in [6.07, 6.45) is -1.27. The van der Waals surface area contributed by atoms with E-state index >= 15 is 0 Å². The molecule has 4 aliphatic carbocycles. The molecule has 0 radical (unpaired) electrons. The van der Waals surface area contributed by atoms with E-state index < -0.39 is 63.8 Å². The molecule has 0 unspecified atom stereocenters. The number of aliphatic hydroxyl groups excluding tert-OH is 1. The monoisotopic (exact) mass is 524 g/mol. The second-order valence-electron chi connectivity index (χ2n) is 12.0. The molecule has 0 spiro atoms. The SMILES string of the molecule is CC(=O)O[C@H]1CC[C@@]2(C)C(=CC[C@]3(O)[C@@H]2[C@H](O)[C@@H](OC(C)=O)[C@@]2(C)[C@]3(O)CC[C@@]2(O)[C@H](C)OC(C)=O)C1. The number of hydrogen-bond acceptors (Lipinski definition) is 10. The van der Waals surface area contributed by atoms with Crippen LogP contribution in [0.3, 0.4) is 0 Å². The number of ether oxygens (including phenoxy) is 3. The van der Waals surface area contributed by atoms with E-state index in [9.17, 15) is 34.8 Å². The van der Waals surface area contributed by atoms with Crippen LogP contribution < -0.4 is 0 Å². The molecule has 0 aliphatic heterocycles. The predicted molar refractivity (Wildman–Crippen MR) is 129 cm³/mol. The maximum atomic E-state index is 12.5. The van der Waals surface area contributed by atoms with Crippen LogP contribution in [0.15, 0.2) is 11.6 Å². The van der Waals surface area contributed by atoms with E-state index in [1.54, 1.807) is 0 Å². The van der Waals surface area contributed by atoms with Crippen LogP contribution >= 0.6 is 0 Å². The van der Waals surface area contributed by atoms with Gasteiger partial charge in [-0.15, -0.1) is 0 Å². The van der Waals surface area contributed by atoms with Crippen LogP contribution in [0.2, 0.25) is 0 Å². The van der Waals surface area contributed by atoms with E-state index in [1.807, 2.05) is 13.0 Å². The molecule has 4 N–H and O–H groups in total. The molecule has 10 nitrogen and oxygen atoms in total. The van der Waals surface area contributed by atoms with Crippen LogP contribution in [0, 0.1) is 16.7 Å². The third kappa shape index (κ3) is 3.62. The molecule has 3 fully saturated rings. The fourth-order valence-corrected chi connectivity index (χ4v) is 8.48. The largest absolute Gasteiger partial charge is 0.462 e. The summed E-state index contributed by atoms with van der Waals surface area (Å²) in [7, 11) is 0. The molecule has 37 heavy (non-hydrogen) atoms. The summed E-state index contributed by atoms with van der Waals surface area (Å²) in [6, 6.07) is 0.